The van der Waals surface area contributed by atoms with Gasteiger partial charge in [-0.1, -0.05) is 24.3 Å². The van der Waals surface area contributed by atoms with Crippen LogP contribution in [0, 0.1) is 0 Å². The fraction of sp³-hybridized carbons (Fsp3) is 0.333. The molecule has 0 atom stereocenters. The van der Waals surface area contributed by atoms with Crippen molar-refractivity contribution in [1.29, 1.82) is 0 Å². The fourth-order valence-electron chi connectivity index (χ4n) is 8.13. The van der Waals surface area contributed by atoms with Crippen molar-refractivity contribution in [1.82, 2.24) is 28.5 Å². The summed E-state index contributed by atoms with van der Waals surface area (Å²) in [6.07, 6.45) is 5.37. The smallest absolute Gasteiger partial charge is 0.281 e. The monoisotopic (exact) mass is 726 g/mol. The number of benzene rings is 2. The second kappa shape index (κ2) is 14.8. The quantitative estimate of drug-likeness (QED) is 0.190. The Morgan fingerprint density at radius 1 is 0.630 bits per heavy atom. The Morgan fingerprint density at radius 3 is 1.96 bits per heavy atom. The Morgan fingerprint density at radius 2 is 1.24 bits per heavy atom. The molecule has 10 rings (SSSR count). The van der Waals surface area contributed by atoms with E-state index in [-0.39, 0.29) is 17.2 Å². The molecule has 276 valence electrons. The minimum Gasteiger partial charge on any atom is -0.492 e. The summed E-state index contributed by atoms with van der Waals surface area (Å²) in [5, 5.41) is 1.62. The van der Waals surface area contributed by atoms with E-state index in [1.54, 1.807) is 21.5 Å². The van der Waals surface area contributed by atoms with Crippen molar-refractivity contribution in [2.45, 2.75) is 19.4 Å². The van der Waals surface area contributed by atoms with Crippen LogP contribution < -0.4 is 10.2 Å². The molecule has 0 N–H and O–H groups in total. The van der Waals surface area contributed by atoms with Crippen LogP contribution in [0.2, 0.25) is 0 Å². The Bertz CT molecular complexity index is 2430. The van der Waals surface area contributed by atoms with Crippen molar-refractivity contribution in [3.63, 3.8) is 0 Å². The number of ether oxygens (including phenoxy) is 3. The molecular weight excluding hydrogens is 684 g/mol. The maximum Gasteiger partial charge on any atom is 0.281 e. The lowest BCUT2D eigenvalue weighted by Gasteiger charge is -2.27. The number of fused-ring (bicyclic) bond motifs is 8. The molecule has 0 aliphatic carbocycles. The van der Waals surface area contributed by atoms with E-state index in [1.807, 2.05) is 77.4 Å². The van der Waals surface area contributed by atoms with Gasteiger partial charge in [0, 0.05) is 69.0 Å². The lowest BCUT2D eigenvalue weighted by molar-refractivity contribution is 0.0358. The third kappa shape index (κ3) is 6.14. The van der Waals surface area contributed by atoms with E-state index in [2.05, 4.69) is 14.8 Å². The number of hydrogen-bond donors (Lipinski definition) is 0. The van der Waals surface area contributed by atoms with E-state index in [1.165, 1.54) is 0 Å². The lowest BCUT2D eigenvalue weighted by atomic mass is 10.1. The normalized spacial score (nSPS) is 16.6. The molecule has 0 radical (unpaired) electrons. The van der Waals surface area contributed by atoms with Crippen LogP contribution in [0.4, 0.5) is 0 Å². The zero-order valence-corrected chi connectivity index (χ0v) is 30.1. The van der Waals surface area contributed by atoms with Gasteiger partial charge in [0.1, 0.15) is 17.1 Å². The van der Waals surface area contributed by atoms with Crippen LogP contribution in [0.25, 0.3) is 44.3 Å². The minimum atomic E-state index is -0.112. The van der Waals surface area contributed by atoms with E-state index < -0.39 is 0 Å². The van der Waals surface area contributed by atoms with Crippen LogP contribution in [0.1, 0.15) is 33.8 Å². The maximum absolute atomic E-state index is 13.1. The molecule has 0 amide bonds. The maximum atomic E-state index is 13.1. The molecule has 2 aromatic carbocycles. The molecule has 54 heavy (non-hydrogen) atoms. The summed E-state index contributed by atoms with van der Waals surface area (Å²) < 4.78 is 22.3. The summed E-state index contributed by atoms with van der Waals surface area (Å²) in [5.74, 6) is 0.566. The summed E-state index contributed by atoms with van der Waals surface area (Å²) in [6, 6.07) is 22.9. The van der Waals surface area contributed by atoms with Crippen LogP contribution in [0.3, 0.4) is 0 Å². The first-order valence-corrected chi connectivity index (χ1v) is 18.8. The fourth-order valence-corrected chi connectivity index (χ4v) is 8.13. The molecule has 12 heteroatoms. The molecule has 0 saturated carbocycles. The average Bonchev–Trinajstić information content (AvgIpc) is 4.00. The number of carbonyl (C=O) groups is 2. The van der Waals surface area contributed by atoms with Gasteiger partial charge in [-0.2, -0.15) is 0 Å². The first kappa shape index (κ1) is 34.4. The highest BCUT2D eigenvalue weighted by Gasteiger charge is 2.34. The molecule has 0 spiro atoms. The highest BCUT2D eigenvalue weighted by molar-refractivity contribution is 6.12. The molecule has 4 aliphatic rings. The third-order valence-electron chi connectivity index (χ3n) is 10.8. The summed E-state index contributed by atoms with van der Waals surface area (Å²) in [5.41, 5.74) is 5.48. The Labute approximate surface area is 312 Å². The number of aryl methyl sites for hydroxylation is 1. The van der Waals surface area contributed by atoms with Gasteiger partial charge >= 0.3 is 0 Å². The van der Waals surface area contributed by atoms with E-state index in [4.69, 9.17) is 14.2 Å². The van der Waals surface area contributed by atoms with Crippen molar-refractivity contribution >= 4 is 33.6 Å². The second-order valence-electron chi connectivity index (χ2n) is 14.0. The number of para-hydroxylation sites is 2. The van der Waals surface area contributed by atoms with Crippen molar-refractivity contribution in [3.8, 4) is 28.3 Å². The second-order valence-corrected chi connectivity index (χ2v) is 14.0. The van der Waals surface area contributed by atoms with E-state index in [9.17, 15) is 14.4 Å². The van der Waals surface area contributed by atoms with Crippen LogP contribution in [0.15, 0.2) is 90.0 Å². The highest BCUT2D eigenvalue weighted by atomic mass is 16.5. The van der Waals surface area contributed by atoms with Gasteiger partial charge in [-0.05, 0) is 61.4 Å². The van der Waals surface area contributed by atoms with Crippen molar-refractivity contribution < 1.29 is 23.8 Å². The topological polar surface area (TPSA) is 113 Å². The van der Waals surface area contributed by atoms with Crippen molar-refractivity contribution in [2.24, 2.45) is 0 Å². The number of aromatic nitrogens is 4. The molecule has 0 unspecified atom stereocenters. The Balaban J connectivity index is 0.000000142. The number of hydrogen-bond acceptors (Lipinski definition) is 9. The predicted octanol–water partition coefficient (Wildman–Crippen LogP) is 5.00. The van der Waals surface area contributed by atoms with Gasteiger partial charge in [0.05, 0.1) is 66.6 Å². The van der Waals surface area contributed by atoms with Crippen molar-refractivity contribution in [3.05, 3.63) is 107 Å². The summed E-state index contributed by atoms with van der Waals surface area (Å²) >= 11 is 0. The zero-order chi connectivity index (χ0) is 36.6. The highest BCUT2D eigenvalue weighted by Crippen LogP contribution is 2.42. The molecule has 4 aromatic heterocycles. The van der Waals surface area contributed by atoms with Crippen LogP contribution >= 0.6 is 0 Å². The first-order chi connectivity index (χ1) is 26.6. The van der Waals surface area contributed by atoms with E-state index >= 15 is 0 Å². The van der Waals surface area contributed by atoms with E-state index in [0.29, 0.717) is 41.2 Å². The standard InChI is InChI=1S/2C21H21N3O3/c25-21-19-18(17-7-3-9-24(17)21)20(15-5-1-2-6-16(15)22-19)27-12-4-8-23-10-13-26-14-11-23;25-20-15-5-1-2-6-16(15)23(10-4-8-22-11-13-27-14-12-22)19-18(20)17-7-3-9-24(17)21(19)26/h2*1-3,5-7,9H,4,8,10-14H2. The predicted molar refractivity (Wildman–Crippen MR) is 206 cm³/mol. The van der Waals surface area contributed by atoms with Gasteiger partial charge in [0.15, 0.2) is 5.43 Å². The minimum absolute atomic E-state index is 0.0594. The molecular formula is C42H42N6O6. The molecule has 2 fully saturated rings. The summed E-state index contributed by atoms with van der Waals surface area (Å²) in [7, 11) is 0. The number of nitrogens with zero attached hydrogens (tertiary/aromatic N) is 6. The average molecular weight is 727 g/mol. The molecule has 2 saturated heterocycles. The first-order valence-electron chi connectivity index (χ1n) is 18.8. The van der Waals surface area contributed by atoms with Crippen LogP contribution in [-0.4, -0.2) is 113 Å². The number of carbonyl (C=O) groups excluding carboxylic acids is 2. The molecule has 0 bridgehead atoms. The molecule has 6 aromatic rings. The SMILES string of the molecule is O=C1c2c(c(=O)c3ccccc3n2CCCN2CCOCC2)-c2cccn21.O=C1c2nc3ccccc3c(OCCCN3CCOCC3)c2-c2cccn21. The summed E-state index contributed by atoms with van der Waals surface area (Å²) in [4.78, 5) is 48.2. The van der Waals surface area contributed by atoms with Gasteiger partial charge in [0.2, 0.25) is 0 Å². The zero-order valence-electron chi connectivity index (χ0n) is 30.1. The van der Waals surface area contributed by atoms with Crippen molar-refractivity contribution in [2.75, 3.05) is 72.3 Å². The van der Waals surface area contributed by atoms with E-state index in [0.717, 1.165) is 112 Å². The number of pyridine rings is 2. The van der Waals surface area contributed by atoms with Gasteiger partial charge in [-0.25, -0.2) is 4.98 Å². The molecule has 8 heterocycles. The van der Waals surface area contributed by atoms with Gasteiger partial charge in [-0.3, -0.25) is 33.3 Å². The Kier molecular flexibility index (Phi) is 9.41. The number of morpholine rings is 2. The number of rotatable bonds is 9. The third-order valence-corrected chi connectivity index (χ3v) is 10.8. The largest absolute Gasteiger partial charge is 0.492 e. The Hall–Kier alpha value is -5.40. The van der Waals surface area contributed by atoms with Gasteiger partial charge in [-0.15, -0.1) is 0 Å². The lowest BCUT2D eigenvalue weighted by Crippen LogP contribution is -2.37. The molecule has 4 aliphatic heterocycles. The van der Waals surface area contributed by atoms with Gasteiger partial charge < -0.3 is 18.8 Å². The van der Waals surface area contributed by atoms with Crippen LogP contribution in [-0.2, 0) is 16.0 Å². The molecule has 12 nitrogen and oxygen atoms in total. The van der Waals surface area contributed by atoms with Crippen LogP contribution in [0.5, 0.6) is 5.75 Å². The van der Waals surface area contributed by atoms with Gasteiger partial charge in [0.25, 0.3) is 11.8 Å². The summed E-state index contributed by atoms with van der Waals surface area (Å²) in [6.45, 7) is 10.3.